The molecule has 0 saturated heterocycles. The minimum Gasteiger partial charge on any atom is -0.345 e. The van der Waals surface area contributed by atoms with E-state index in [9.17, 15) is 4.39 Å². The lowest BCUT2D eigenvalue weighted by Gasteiger charge is -2.05. The van der Waals surface area contributed by atoms with E-state index in [0.717, 1.165) is 20.8 Å². The number of benzene rings is 2. The van der Waals surface area contributed by atoms with Crippen LogP contribution >= 0.6 is 11.3 Å². The van der Waals surface area contributed by atoms with E-state index in [2.05, 4.69) is 10.3 Å². The summed E-state index contributed by atoms with van der Waals surface area (Å²) in [6.45, 7) is 0. The molecule has 0 bridgehead atoms. The molecule has 7 heteroatoms. The fraction of sp³-hybridized carbons (Fsp3) is 0. The number of nitrogens with one attached hydrogen (secondary N) is 1. The SMILES string of the molecule is N#CC(C#N)=C(C#N)Nc1ccc(-c2nc3ccc(F)cc3s2)cc1. The molecular weight excluding hydrogens is 337 g/mol. The maximum atomic E-state index is 13.3. The van der Waals surface area contributed by atoms with Gasteiger partial charge < -0.3 is 5.32 Å². The van der Waals surface area contributed by atoms with Crippen LogP contribution in [0.15, 0.2) is 53.7 Å². The van der Waals surface area contributed by atoms with Gasteiger partial charge in [-0.15, -0.1) is 11.3 Å². The van der Waals surface area contributed by atoms with Gasteiger partial charge >= 0.3 is 0 Å². The highest BCUT2D eigenvalue weighted by Gasteiger charge is 2.09. The molecule has 0 unspecified atom stereocenters. The Morgan fingerprint density at radius 2 is 1.72 bits per heavy atom. The van der Waals surface area contributed by atoms with Crippen LogP contribution < -0.4 is 5.32 Å². The van der Waals surface area contributed by atoms with Gasteiger partial charge in [0, 0.05) is 11.3 Å². The number of nitrogens with zero attached hydrogens (tertiary/aromatic N) is 4. The molecular formula is C18H8FN5S. The van der Waals surface area contributed by atoms with Crippen LogP contribution in [0.2, 0.25) is 0 Å². The van der Waals surface area contributed by atoms with Gasteiger partial charge in [-0.1, -0.05) is 0 Å². The number of hydrogen-bond acceptors (Lipinski definition) is 6. The van der Waals surface area contributed by atoms with Crippen LogP contribution in [0, 0.1) is 39.8 Å². The molecule has 0 atom stereocenters. The lowest BCUT2D eigenvalue weighted by Crippen LogP contribution is -2.00. The fourth-order valence-corrected chi connectivity index (χ4v) is 3.14. The van der Waals surface area contributed by atoms with E-state index in [-0.39, 0.29) is 17.1 Å². The van der Waals surface area contributed by atoms with Gasteiger partial charge in [0.05, 0.1) is 10.2 Å². The number of hydrogen-bond donors (Lipinski definition) is 1. The van der Waals surface area contributed by atoms with Crippen molar-refractivity contribution in [3.8, 4) is 28.8 Å². The predicted molar refractivity (Wildman–Crippen MR) is 92.5 cm³/mol. The second-order valence-corrected chi connectivity index (χ2v) is 5.95. The Morgan fingerprint density at radius 1 is 1.00 bits per heavy atom. The van der Waals surface area contributed by atoms with E-state index in [1.54, 1.807) is 48.5 Å². The Labute approximate surface area is 146 Å². The van der Waals surface area contributed by atoms with Crippen LogP contribution in [0.1, 0.15) is 0 Å². The molecule has 0 aliphatic rings. The van der Waals surface area contributed by atoms with Crippen LogP contribution in [-0.2, 0) is 0 Å². The Balaban J connectivity index is 1.89. The first-order valence-electron chi connectivity index (χ1n) is 7.02. The van der Waals surface area contributed by atoms with E-state index >= 15 is 0 Å². The summed E-state index contributed by atoms with van der Waals surface area (Å²) in [7, 11) is 0. The third-order valence-corrected chi connectivity index (χ3v) is 4.40. The zero-order valence-corrected chi connectivity index (χ0v) is 13.4. The van der Waals surface area contributed by atoms with Gasteiger partial charge in [0.2, 0.25) is 0 Å². The molecule has 2 aromatic carbocycles. The van der Waals surface area contributed by atoms with E-state index in [1.165, 1.54) is 23.5 Å². The van der Waals surface area contributed by atoms with Crippen molar-refractivity contribution in [1.29, 1.82) is 15.8 Å². The number of aromatic nitrogens is 1. The first-order chi connectivity index (χ1) is 12.1. The fourth-order valence-electron chi connectivity index (χ4n) is 2.15. The molecule has 3 rings (SSSR count). The van der Waals surface area contributed by atoms with E-state index in [0.29, 0.717) is 5.69 Å². The lowest BCUT2D eigenvalue weighted by atomic mass is 10.2. The molecule has 3 aromatic rings. The van der Waals surface area contributed by atoms with Crippen molar-refractivity contribution < 1.29 is 4.39 Å². The Bertz CT molecular complexity index is 1090. The first kappa shape index (κ1) is 16.1. The van der Waals surface area contributed by atoms with E-state index in [4.69, 9.17) is 15.8 Å². The standard InChI is InChI=1S/C18H8FN5S/c19-13-3-6-15-17(7-13)25-18(24-15)11-1-4-14(5-2-11)23-16(10-22)12(8-20)9-21/h1-7,23H. The maximum absolute atomic E-state index is 13.3. The van der Waals surface area contributed by atoms with Crippen molar-refractivity contribution in [2.24, 2.45) is 0 Å². The van der Waals surface area contributed by atoms with Crippen LogP contribution in [-0.4, -0.2) is 4.98 Å². The Kier molecular flexibility index (Phi) is 4.39. The summed E-state index contributed by atoms with van der Waals surface area (Å²) in [5, 5.41) is 30.2. The Hall–Kier alpha value is -3.73. The van der Waals surface area contributed by atoms with Crippen LogP contribution in [0.3, 0.4) is 0 Å². The minimum atomic E-state index is -0.302. The van der Waals surface area contributed by atoms with Gasteiger partial charge in [-0.05, 0) is 42.5 Å². The normalized spacial score (nSPS) is 9.68. The van der Waals surface area contributed by atoms with E-state index < -0.39 is 0 Å². The molecule has 118 valence electrons. The molecule has 0 radical (unpaired) electrons. The summed E-state index contributed by atoms with van der Waals surface area (Å²) in [5.41, 5.74) is 1.75. The van der Waals surface area contributed by atoms with Gasteiger partial charge in [-0.2, -0.15) is 15.8 Å². The molecule has 0 aliphatic heterocycles. The van der Waals surface area contributed by atoms with Gasteiger partial charge in [-0.25, -0.2) is 9.37 Å². The van der Waals surface area contributed by atoms with Crippen LogP contribution in [0.4, 0.5) is 10.1 Å². The third kappa shape index (κ3) is 3.30. The summed E-state index contributed by atoms with van der Waals surface area (Å²) in [6.07, 6.45) is 0. The maximum Gasteiger partial charge on any atom is 0.163 e. The summed E-state index contributed by atoms with van der Waals surface area (Å²) < 4.78 is 14.0. The van der Waals surface area contributed by atoms with Gasteiger partial charge in [0.15, 0.2) is 5.57 Å². The quantitative estimate of drug-likeness (QED) is 0.712. The Morgan fingerprint density at radius 3 is 2.36 bits per heavy atom. The lowest BCUT2D eigenvalue weighted by molar-refractivity contribution is 0.630. The zero-order valence-electron chi connectivity index (χ0n) is 12.6. The monoisotopic (exact) mass is 345 g/mol. The zero-order chi connectivity index (χ0) is 17.8. The summed E-state index contributed by atoms with van der Waals surface area (Å²) in [6, 6.07) is 16.6. The molecule has 0 saturated carbocycles. The summed E-state index contributed by atoms with van der Waals surface area (Å²) >= 11 is 1.38. The van der Waals surface area contributed by atoms with Gasteiger partial charge in [0.1, 0.15) is 34.7 Å². The molecule has 25 heavy (non-hydrogen) atoms. The van der Waals surface area contributed by atoms with Gasteiger partial charge in [0.25, 0.3) is 0 Å². The number of fused-ring (bicyclic) bond motifs is 1. The molecule has 0 amide bonds. The third-order valence-electron chi connectivity index (χ3n) is 3.34. The number of anilines is 1. The molecule has 1 N–H and O–H groups in total. The van der Waals surface area contributed by atoms with Crippen molar-refractivity contribution in [3.05, 3.63) is 59.6 Å². The largest absolute Gasteiger partial charge is 0.345 e. The number of halogens is 1. The molecule has 1 aromatic heterocycles. The average Bonchev–Trinajstić information content (AvgIpc) is 3.05. The van der Waals surface area contributed by atoms with Crippen molar-refractivity contribution in [2.45, 2.75) is 0 Å². The van der Waals surface area contributed by atoms with Crippen molar-refractivity contribution >= 4 is 27.2 Å². The number of thiazole rings is 1. The predicted octanol–water partition coefficient (Wildman–Crippen LogP) is 4.34. The molecule has 0 spiro atoms. The topological polar surface area (TPSA) is 96.3 Å². The van der Waals surface area contributed by atoms with Gasteiger partial charge in [-0.3, -0.25) is 0 Å². The second kappa shape index (κ2) is 6.80. The summed E-state index contributed by atoms with van der Waals surface area (Å²) in [5.74, 6) is -0.302. The smallest absolute Gasteiger partial charge is 0.163 e. The van der Waals surface area contributed by atoms with Crippen LogP contribution in [0.25, 0.3) is 20.8 Å². The second-order valence-electron chi connectivity index (χ2n) is 4.92. The highest BCUT2D eigenvalue weighted by molar-refractivity contribution is 7.21. The first-order valence-corrected chi connectivity index (χ1v) is 7.84. The number of allylic oxidation sites excluding steroid dienone is 2. The highest BCUT2D eigenvalue weighted by atomic mass is 32.1. The summed E-state index contributed by atoms with van der Waals surface area (Å²) in [4.78, 5) is 4.47. The van der Waals surface area contributed by atoms with E-state index in [1.807, 2.05) is 0 Å². The number of nitriles is 3. The molecule has 5 nitrogen and oxygen atoms in total. The number of rotatable bonds is 3. The van der Waals surface area contributed by atoms with Crippen molar-refractivity contribution in [1.82, 2.24) is 4.98 Å². The highest BCUT2D eigenvalue weighted by Crippen LogP contribution is 2.31. The molecule has 0 aliphatic carbocycles. The van der Waals surface area contributed by atoms with Crippen LogP contribution in [0.5, 0.6) is 0 Å². The molecule has 1 heterocycles. The van der Waals surface area contributed by atoms with Crippen molar-refractivity contribution in [2.75, 3.05) is 5.32 Å². The minimum absolute atomic E-state index is 0.104. The molecule has 0 fully saturated rings. The average molecular weight is 345 g/mol. The van der Waals surface area contributed by atoms with Crippen molar-refractivity contribution in [3.63, 3.8) is 0 Å².